The Bertz CT molecular complexity index is 387. The van der Waals surface area contributed by atoms with Crippen molar-refractivity contribution in [2.45, 2.75) is 51.6 Å². The molecule has 1 aliphatic heterocycles. The Labute approximate surface area is 119 Å². The number of urea groups is 1. The number of carboxylic acid groups (broad SMARTS) is 1. The van der Waals surface area contributed by atoms with E-state index in [4.69, 9.17) is 4.74 Å². The summed E-state index contributed by atoms with van der Waals surface area (Å²) >= 11 is 0. The molecule has 114 valence electrons. The summed E-state index contributed by atoms with van der Waals surface area (Å²) in [4.78, 5) is 23.3. The molecular formula is C14H24N2O4. The molecule has 0 spiro atoms. The number of hydrogen-bond donors (Lipinski definition) is 3. The minimum atomic E-state index is -1.04. The summed E-state index contributed by atoms with van der Waals surface area (Å²) in [6.45, 7) is 4.18. The van der Waals surface area contributed by atoms with Gasteiger partial charge in [-0.2, -0.15) is 0 Å². The summed E-state index contributed by atoms with van der Waals surface area (Å²) in [5.41, 5.74) is -1.04. The molecule has 6 heteroatoms. The summed E-state index contributed by atoms with van der Waals surface area (Å²) in [7, 11) is 0. The van der Waals surface area contributed by atoms with E-state index in [2.05, 4.69) is 17.6 Å². The molecule has 20 heavy (non-hydrogen) atoms. The van der Waals surface area contributed by atoms with E-state index >= 15 is 0 Å². The topological polar surface area (TPSA) is 87.7 Å². The molecule has 1 saturated heterocycles. The van der Waals surface area contributed by atoms with Gasteiger partial charge in [-0.1, -0.05) is 19.8 Å². The van der Waals surface area contributed by atoms with Crippen LogP contribution in [-0.4, -0.2) is 42.4 Å². The van der Waals surface area contributed by atoms with Crippen LogP contribution in [0.25, 0.3) is 0 Å². The highest BCUT2D eigenvalue weighted by atomic mass is 16.5. The summed E-state index contributed by atoms with van der Waals surface area (Å²) < 4.78 is 5.22. The fourth-order valence-corrected chi connectivity index (χ4v) is 3.04. The molecule has 2 amide bonds. The Morgan fingerprint density at radius 2 is 2.05 bits per heavy atom. The van der Waals surface area contributed by atoms with Gasteiger partial charge in [-0.05, 0) is 25.7 Å². The second kappa shape index (κ2) is 5.99. The van der Waals surface area contributed by atoms with Gasteiger partial charge in [0, 0.05) is 6.04 Å². The van der Waals surface area contributed by atoms with Crippen LogP contribution in [0.5, 0.6) is 0 Å². The lowest BCUT2D eigenvalue weighted by atomic mass is 9.85. The highest BCUT2D eigenvalue weighted by Crippen LogP contribution is 2.29. The first-order valence-corrected chi connectivity index (χ1v) is 7.30. The second-order valence-corrected chi connectivity index (χ2v) is 6.38. The van der Waals surface area contributed by atoms with E-state index in [0.717, 1.165) is 19.3 Å². The molecule has 1 saturated carbocycles. The highest BCUT2D eigenvalue weighted by Gasteiger charge is 2.47. The van der Waals surface area contributed by atoms with Gasteiger partial charge in [-0.15, -0.1) is 0 Å². The van der Waals surface area contributed by atoms with Crippen molar-refractivity contribution in [2.75, 3.05) is 13.2 Å². The minimum Gasteiger partial charge on any atom is -0.481 e. The number of amides is 2. The second-order valence-electron chi connectivity index (χ2n) is 6.38. The molecule has 1 aliphatic carbocycles. The monoisotopic (exact) mass is 284 g/mol. The van der Waals surface area contributed by atoms with Crippen LogP contribution in [0.2, 0.25) is 0 Å². The summed E-state index contributed by atoms with van der Waals surface area (Å²) in [6.07, 6.45) is 4.33. The zero-order chi connectivity index (χ0) is 14.8. The van der Waals surface area contributed by atoms with Crippen molar-refractivity contribution in [3.63, 3.8) is 0 Å². The van der Waals surface area contributed by atoms with E-state index in [0.29, 0.717) is 5.92 Å². The summed E-state index contributed by atoms with van der Waals surface area (Å²) in [5.74, 6) is -0.306. The smallest absolute Gasteiger partial charge is 0.315 e. The van der Waals surface area contributed by atoms with E-state index in [1.165, 1.54) is 6.42 Å². The van der Waals surface area contributed by atoms with Gasteiger partial charge >= 0.3 is 12.0 Å². The average Bonchev–Trinajstić information content (AvgIpc) is 2.72. The maximum Gasteiger partial charge on any atom is 0.315 e. The Balaban J connectivity index is 1.86. The number of carbonyl (C=O) groups excluding carboxylic acids is 1. The van der Waals surface area contributed by atoms with E-state index in [-0.39, 0.29) is 25.3 Å². The lowest BCUT2D eigenvalue weighted by Gasteiger charge is -2.30. The zero-order valence-corrected chi connectivity index (χ0v) is 12.1. The van der Waals surface area contributed by atoms with E-state index in [1.54, 1.807) is 6.92 Å². The van der Waals surface area contributed by atoms with Crippen molar-refractivity contribution < 1.29 is 19.4 Å². The Morgan fingerprint density at radius 1 is 1.30 bits per heavy atom. The number of hydrogen-bond acceptors (Lipinski definition) is 3. The molecule has 0 radical (unpaired) electrons. The quantitative estimate of drug-likeness (QED) is 0.730. The molecule has 2 aliphatic rings. The van der Waals surface area contributed by atoms with Gasteiger partial charge < -0.3 is 20.5 Å². The molecule has 0 aromatic rings. The number of ether oxygens (including phenoxy) is 1. The molecule has 4 atom stereocenters. The number of carbonyl (C=O) groups is 2. The third-order valence-electron chi connectivity index (χ3n) is 4.52. The molecule has 0 aromatic heterocycles. The number of nitrogens with one attached hydrogen (secondary N) is 2. The third-order valence-corrected chi connectivity index (χ3v) is 4.52. The molecule has 2 rings (SSSR count). The predicted octanol–water partition coefficient (Wildman–Crippen LogP) is 1.35. The third kappa shape index (κ3) is 3.23. The van der Waals surface area contributed by atoms with Crippen LogP contribution in [0, 0.1) is 11.3 Å². The number of aliphatic carboxylic acids is 1. The highest BCUT2D eigenvalue weighted by molar-refractivity contribution is 5.79. The zero-order valence-electron chi connectivity index (χ0n) is 12.1. The SMILES string of the molecule is CC1CCCC(NC(=O)NC2COCC2(C)C(=O)O)C1. The molecular weight excluding hydrogens is 260 g/mol. The summed E-state index contributed by atoms with van der Waals surface area (Å²) in [6, 6.07) is -0.578. The van der Waals surface area contributed by atoms with Gasteiger partial charge in [0.05, 0.1) is 19.3 Å². The van der Waals surface area contributed by atoms with Gasteiger partial charge in [0.1, 0.15) is 5.41 Å². The average molecular weight is 284 g/mol. The fraction of sp³-hybridized carbons (Fsp3) is 0.857. The van der Waals surface area contributed by atoms with Crippen molar-refractivity contribution in [1.29, 1.82) is 0 Å². The lowest BCUT2D eigenvalue weighted by Crippen LogP contribution is -2.54. The molecule has 1 heterocycles. The maximum atomic E-state index is 12.0. The van der Waals surface area contributed by atoms with Crippen LogP contribution in [0.4, 0.5) is 4.79 Å². The van der Waals surface area contributed by atoms with Crippen molar-refractivity contribution in [2.24, 2.45) is 11.3 Å². The van der Waals surface area contributed by atoms with Gasteiger partial charge in [-0.3, -0.25) is 4.79 Å². The van der Waals surface area contributed by atoms with Crippen LogP contribution >= 0.6 is 0 Å². The van der Waals surface area contributed by atoms with Gasteiger partial charge in [0.25, 0.3) is 0 Å². The van der Waals surface area contributed by atoms with Crippen LogP contribution in [-0.2, 0) is 9.53 Å². The lowest BCUT2D eigenvalue weighted by molar-refractivity contribution is -0.148. The fourth-order valence-electron chi connectivity index (χ4n) is 3.04. The Kier molecular flexibility index (Phi) is 4.52. The molecule has 4 unspecified atom stereocenters. The first-order chi connectivity index (χ1) is 9.41. The largest absolute Gasteiger partial charge is 0.481 e. The van der Waals surface area contributed by atoms with Crippen LogP contribution in [0.3, 0.4) is 0 Å². The number of rotatable bonds is 3. The maximum absolute atomic E-state index is 12.0. The Morgan fingerprint density at radius 3 is 2.70 bits per heavy atom. The van der Waals surface area contributed by atoms with Crippen molar-refractivity contribution in [1.82, 2.24) is 10.6 Å². The van der Waals surface area contributed by atoms with Crippen LogP contribution in [0.1, 0.15) is 39.5 Å². The van der Waals surface area contributed by atoms with Crippen molar-refractivity contribution in [3.8, 4) is 0 Å². The van der Waals surface area contributed by atoms with Gasteiger partial charge in [0.15, 0.2) is 0 Å². The van der Waals surface area contributed by atoms with Crippen molar-refractivity contribution in [3.05, 3.63) is 0 Å². The van der Waals surface area contributed by atoms with Crippen LogP contribution in [0.15, 0.2) is 0 Å². The van der Waals surface area contributed by atoms with E-state index in [1.807, 2.05) is 0 Å². The standard InChI is InChI=1S/C14H24N2O4/c1-9-4-3-5-10(6-9)15-13(19)16-11-7-20-8-14(11,2)12(17)18/h9-11H,3-8H2,1-2H3,(H,17,18)(H2,15,16,19). The predicted molar refractivity (Wildman–Crippen MR) is 73.4 cm³/mol. The molecule has 2 fully saturated rings. The number of carboxylic acids is 1. The summed E-state index contributed by atoms with van der Waals surface area (Å²) in [5, 5.41) is 15.0. The Hall–Kier alpha value is -1.30. The normalized spacial score (nSPS) is 37.4. The van der Waals surface area contributed by atoms with Crippen molar-refractivity contribution >= 4 is 12.0 Å². The van der Waals surface area contributed by atoms with Gasteiger partial charge in [0.2, 0.25) is 0 Å². The molecule has 0 aromatic carbocycles. The molecule has 6 nitrogen and oxygen atoms in total. The molecule has 0 bridgehead atoms. The first-order valence-electron chi connectivity index (χ1n) is 7.30. The van der Waals surface area contributed by atoms with Gasteiger partial charge in [-0.25, -0.2) is 4.79 Å². The minimum absolute atomic E-state index is 0.133. The van der Waals surface area contributed by atoms with E-state index in [9.17, 15) is 14.7 Å². The van der Waals surface area contributed by atoms with Crippen LogP contribution < -0.4 is 10.6 Å². The van der Waals surface area contributed by atoms with E-state index < -0.39 is 17.4 Å². The molecule has 3 N–H and O–H groups in total. The first kappa shape index (κ1) is 15.1.